The first-order valence-corrected chi connectivity index (χ1v) is 24.0. The highest BCUT2D eigenvalue weighted by molar-refractivity contribution is 7.80. The quantitative estimate of drug-likeness (QED) is 0.0200. The summed E-state index contributed by atoms with van der Waals surface area (Å²) < 4.78 is 59.0. The lowest BCUT2D eigenvalue weighted by molar-refractivity contribution is -0.301. The molecule has 0 saturated carbocycles. The molecule has 0 radical (unpaired) electrons. The third-order valence-corrected chi connectivity index (χ3v) is 10.8. The summed E-state index contributed by atoms with van der Waals surface area (Å²) in [6.45, 7) is 3.96. The second-order valence-electron chi connectivity index (χ2n) is 15.6. The minimum absolute atomic E-state index is 0.0353. The summed E-state index contributed by atoms with van der Waals surface area (Å²) in [6, 6.07) is 0. The molecule has 0 bridgehead atoms. The fraction of sp³-hybridized carbons (Fsp3) is 0.886. The molecule has 12 nitrogen and oxygen atoms in total. The second-order valence-corrected chi connectivity index (χ2v) is 16.7. The van der Waals surface area contributed by atoms with E-state index >= 15 is 0 Å². The third kappa shape index (κ3) is 30.3. The summed E-state index contributed by atoms with van der Waals surface area (Å²) in [7, 11) is -5.06. The lowest BCUT2D eigenvalue weighted by Crippen LogP contribution is -2.60. The van der Waals surface area contributed by atoms with E-state index in [0.717, 1.165) is 51.4 Å². The summed E-state index contributed by atoms with van der Waals surface area (Å²) in [5, 5.41) is 30.6. The molecule has 1 aliphatic heterocycles. The molecule has 336 valence electrons. The van der Waals surface area contributed by atoms with Gasteiger partial charge in [-0.05, 0) is 44.9 Å². The topological polar surface area (TPSA) is 178 Å². The Morgan fingerprint density at radius 3 is 1.68 bits per heavy atom. The molecule has 0 spiro atoms. The Hall–Kier alpha value is -1.42. The maximum Gasteiger partial charge on any atom is 0.397 e. The lowest BCUT2D eigenvalue weighted by Gasteiger charge is -2.41. The number of carbonyl (C=O) groups is 1. The molecule has 0 aromatic carbocycles. The molecule has 1 rings (SSSR count). The van der Waals surface area contributed by atoms with Gasteiger partial charge in [0.05, 0.1) is 19.8 Å². The zero-order chi connectivity index (χ0) is 41.8. The molecule has 6 unspecified atom stereocenters. The smallest absolute Gasteiger partial charge is 0.397 e. The molecule has 1 heterocycles. The number of hydrogen-bond donors (Lipinski definition) is 4. The van der Waals surface area contributed by atoms with Gasteiger partial charge in [0, 0.05) is 13.0 Å². The minimum atomic E-state index is -5.06. The van der Waals surface area contributed by atoms with Crippen LogP contribution in [0.1, 0.15) is 187 Å². The highest BCUT2D eigenvalue weighted by Crippen LogP contribution is 2.26. The van der Waals surface area contributed by atoms with Crippen LogP contribution in [0.4, 0.5) is 0 Å². The van der Waals surface area contributed by atoms with Crippen LogP contribution in [-0.4, -0.2) is 97.5 Å². The highest BCUT2D eigenvalue weighted by Gasteiger charge is 2.48. The maximum atomic E-state index is 12.8. The number of carbonyl (C=O) groups excluding carboxylic acids is 1. The highest BCUT2D eigenvalue weighted by atomic mass is 32.3. The van der Waals surface area contributed by atoms with Crippen LogP contribution in [0, 0.1) is 0 Å². The van der Waals surface area contributed by atoms with Gasteiger partial charge < -0.3 is 34.3 Å². The molecule has 1 aliphatic rings. The zero-order valence-electron chi connectivity index (χ0n) is 35.7. The summed E-state index contributed by atoms with van der Waals surface area (Å²) >= 11 is 0. The van der Waals surface area contributed by atoms with Crippen molar-refractivity contribution >= 4 is 16.4 Å². The van der Waals surface area contributed by atoms with E-state index in [2.05, 4.69) is 42.3 Å². The standard InChI is InChI=1S/C44H82O12S/c1-3-5-7-9-11-13-15-16-17-18-19-20-21-22-24-26-28-30-32-34-52-36-38(54-40(46)33-31-29-27-25-23-14-12-10-8-6-4-2)37-53-44-42(48)43(56-57(49,50)51)41(47)39(35-45)55-44/h13,15,17-18,38-39,41-45,47-48H,3-12,14,16,19-37H2,1-2H3,(H,49,50,51)/b15-13-,18-17-. The second kappa shape index (κ2) is 36.4. The largest absolute Gasteiger partial charge is 0.457 e. The molecule has 6 atom stereocenters. The van der Waals surface area contributed by atoms with E-state index in [4.69, 9.17) is 23.5 Å². The van der Waals surface area contributed by atoms with E-state index in [9.17, 15) is 28.5 Å². The molecular formula is C44H82O12S. The summed E-state index contributed by atoms with van der Waals surface area (Å²) in [5.41, 5.74) is 0. The molecule has 0 aromatic rings. The number of ether oxygens (including phenoxy) is 4. The SMILES string of the molecule is CCCCCC/C=C\C/C=C\CCCCCCCCCCOCC(COC1OC(CO)C(O)C(OS(=O)(=O)O)C1O)OC(=O)CCCCCCCCCCCCC. The van der Waals surface area contributed by atoms with Gasteiger partial charge in [-0.3, -0.25) is 9.35 Å². The predicted octanol–water partition coefficient (Wildman–Crippen LogP) is 9.24. The normalized spacial score (nSPS) is 20.8. The summed E-state index contributed by atoms with van der Waals surface area (Å²) in [4.78, 5) is 12.8. The fourth-order valence-electron chi connectivity index (χ4n) is 6.88. The van der Waals surface area contributed by atoms with Crippen LogP contribution >= 0.6 is 0 Å². The van der Waals surface area contributed by atoms with Crippen molar-refractivity contribution in [2.75, 3.05) is 26.4 Å². The Bertz CT molecular complexity index is 1100. The van der Waals surface area contributed by atoms with Gasteiger partial charge >= 0.3 is 16.4 Å². The van der Waals surface area contributed by atoms with E-state index in [1.54, 1.807) is 0 Å². The van der Waals surface area contributed by atoms with Crippen molar-refractivity contribution in [2.45, 2.75) is 224 Å². The first kappa shape index (κ1) is 53.6. The van der Waals surface area contributed by atoms with Crippen molar-refractivity contribution in [3.05, 3.63) is 24.3 Å². The van der Waals surface area contributed by atoms with Gasteiger partial charge in [0.1, 0.15) is 30.5 Å². The van der Waals surface area contributed by atoms with Gasteiger partial charge in [-0.1, -0.05) is 160 Å². The van der Waals surface area contributed by atoms with Crippen LogP contribution in [-0.2, 0) is 38.3 Å². The summed E-state index contributed by atoms with van der Waals surface area (Å²) in [5.74, 6) is -0.402. The van der Waals surface area contributed by atoms with Crippen molar-refractivity contribution in [3.63, 3.8) is 0 Å². The van der Waals surface area contributed by atoms with Crippen LogP contribution in [0.2, 0.25) is 0 Å². The Balaban J connectivity index is 2.40. The van der Waals surface area contributed by atoms with E-state index in [-0.39, 0.29) is 19.6 Å². The predicted molar refractivity (Wildman–Crippen MR) is 225 cm³/mol. The molecule has 0 amide bonds. The van der Waals surface area contributed by atoms with Crippen molar-refractivity contribution < 1.29 is 56.2 Å². The van der Waals surface area contributed by atoms with Crippen LogP contribution in [0.15, 0.2) is 24.3 Å². The molecular weight excluding hydrogens is 753 g/mol. The number of esters is 1. The molecule has 1 saturated heterocycles. The van der Waals surface area contributed by atoms with Gasteiger partial charge in [-0.25, -0.2) is 4.18 Å². The maximum absolute atomic E-state index is 12.8. The fourth-order valence-corrected chi connectivity index (χ4v) is 7.39. The van der Waals surface area contributed by atoms with Crippen LogP contribution < -0.4 is 0 Å². The monoisotopic (exact) mass is 835 g/mol. The van der Waals surface area contributed by atoms with Gasteiger partial charge in [0.15, 0.2) is 6.29 Å². The van der Waals surface area contributed by atoms with Crippen molar-refractivity contribution in [1.29, 1.82) is 0 Å². The van der Waals surface area contributed by atoms with E-state index in [0.29, 0.717) is 13.0 Å². The molecule has 4 N–H and O–H groups in total. The third-order valence-electron chi connectivity index (χ3n) is 10.3. The Morgan fingerprint density at radius 2 is 1.16 bits per heavy atom. The Morgan fingerprint density at radius 1 is 0.667 bits per heavy atom. The van der Waals surface area contributed by atoms with Crippen LogP contribution in [0.5, 0.6) is 0 Å². The van der Waals surface area contributed by atoms with Gasteiger partial charge in [0.25, 0.3) is 0 Å². The molecule has 0 aromatic heterocycles. The van der Waals surface area contributed by atoms with Gasteiger partial charge in [0.2, 0.25) is 0 Å². The number of unbranched alkanes of at least 4 members (excludes halogenated alkanes) is 22. The molecule has 0 aliphatic carbocycles. The van der Waals surface area contributed by atoms with Crippen LogP contribution in [0.3, 0.4) is 0 Å². The first-order valence-electron chi connectivity index (χ1n) is 22.6. The average Bonchev–Trinajstić information content (AvgIpc) is 3.18. The Kier molecular flexibility index (Phi) is 34.3. The first-order chi connectivity index (χ1) is 27.6. The number of hydrogen-bond acceptors (Lipinski definition) is 11. The van der Waals surface area contributed by atoms with Crippen molar-refractivity contribution in [1.82, 2.24) is 0 Å². The van der Waals surface area contributed by atoms with Crippen molar-refractivity contribution in [2.24, 2.45) is 0 Å². The molecule has 57 heavy (non-hydrogen) atoms. The number of allylic oxidation sites excluding steroid dienone is 4. The minimum Gasteiger partial charge on any atom is -0.457 e. The molecule has 1 fully saturated rings. The van der Waals surface area contributed by atoms with E-state index in [1.165, 1.54) is 109 Å². The summed E-state index contributed by atoms with van der Waals surface area (Å²) in [6.07, 6.45) is 30.7. The van der Waals surface area contributed by atoms with Crippen molar-refractivity contribution in [3.8, 4) is 0 Å². The Labute approximate surface area is 346 Å². The number of aliphatic hydroxyl groups is 3. The van der Waals surface area contributed by atoms with Gasteiger partial charge in [-0.2, -0.15) is 8.42 Å². The van der Waals surface area contributed by atoms with Gasteiger partial charge in [-0.15, -0.1) is 0 Å². The lowest BCUT2D eigenvalue weighted by atomic mass is 9.99. The molecule has 13 heteroatoms. The van der Waals surface area contributed by atoms with E-state index < -0.39 is 59.8 Å². The number of rotatable bonds is 39. The van der Waals surface area contributed by atoms with E-state index in [1.807, 2.05) is 0 Å². The number of aliphatic hydroxyl groups excluding tert-OH is 3. The average molecular weight is 835 g/mol. The zero-order valence-corrected chi connectivity index (χ0v) is 36.5. The van der Waals surface area contributed by atoms with Crippen LogP contribution in [0.25, 0.3) is 0 Å².